The zero-order chi connectivity index (χ0) is 15.2. The summed E-state index contributed by atoms with van der Waals surface area (Å²) in [6.45, 7) is 4.31. The van der Waals surface area contributed by atoms with Crippen LogP contribution in [0.4, 0.5) is 0 Å². The molecule has 0 saturated carbocycles. The molecule has 2 rings (SSSR count). The van der Waals surface area contributed by atoms with Crippen molar-refractivity contribution < 1.29 is 15.0 Å². The first-order valence-corrected chi connectivity index (χ1v) is 7.67. The fourth-order valence-electron chi connectivity index (χ4n) is 2.77. The van der Waals surface area contributed by atoms with Gasteiger partial charge in [-0.3, -0.25) is 4.79 Å². The minimum absolute atomic E-state index is 0.166. The van der Waals surface area contributed by atoms with Gasteiger partial charge in [-0.05, 0) is 37.9 Å². The van der Waals surface area contributed by atoms with Crippen LogP contribution in [0, 0.1) is 0 Å². The number of para-hydroxylation sites is 1. The van der Waals surface area contributed by atoms with Crippen molar-refractivity contribution in [2.75, 3.05) is 19.6 Å². The molecule has 1 fully saturated rings. The molecule has 0 aliphatic carbocycles. The fraction of sp³-hybridized carbons (Fsp3) is 0.562. The minimum atomic E-state index is -0.333. The third kappa shape index (κ3) is 3.88. The van der Waals surface area contributed by atoms with Gasteiger partial charge in [-0.25, -0.2) is 0 Å². The summed E-state index contributed by atoms with van der Waals surface area (Å²) in [6, 6.07) is 4.81. The minimum Gasteiger partial charge on any atom is -0.504 e. The fourth-order valence-corrected chi connectivity index (χ4v) is 2.77. The van der Waals surface area contributed by atoms with Crippen LogP contribution in [0.15, 0.2) is 18.2 Å². The van der Waals surface area contributed by atoms with Crippen molar-refractivity contribution in [3.63, 3.8) is 0 Å². The highest BCUT2D eigenvalue weighted by atomic mass is 16.3. The zero-order valence-electron chi connectivity index (χ0n) is 12.5. The Balaban J connectivity index is 2.12. The number of amides is 1. The lowest BCUT2D eigenvalue weighted by atomic mass is 10.0. The molecule has 116 valence electrons. The number of nitrogens with zero attached hydrogens (tertiary/aromatic N) is 1. The number of piperidine rings is 1. The number of benzene rings is 1. The molecule has 21 heavy (non-hydrogen) atoms. The number of rotatable bonds is 5. The van der Waals surface area contributed by atoms with E-state index in [4.69, 9.17) is 0 Å². The van der Waals surface area contributed by atoms with Gasteiger partial charge in [-0.2, -0.15) is 0 Å². The van der Waals surface area contributed by atoms with E-state index in [0.29, 0.717) is 19.1 Å². The number of hydrogen-bond donors (Lipinski definition) is 3. The number of carbonyl (C=O) groups is 1. The molecule has 0 bridgehead atoms. The van der Waals surface area contributed by atoms with Gasteiger partial charge >= 0.3 is 0 Å². The lowest BCUT2D eigenvalue weighted by Crippen LogP contribution is -2.46. The van der Waals surface area contributed by atoms with Crippen LogP contribution in [0.2, 0.25) is 0 Å². The van der Waals surface area contributed by atoms with Crippen molar-refractivity contribution in [3.05, 3.63) is 23.8 Å². The van der Waals surface area contributed by atoms with E-state index >= 15 is 0 Å². The Kier molecular flexibility index (Phi) is 5.44. The molecule has 0 aromatic heterocycles. The molecule has 0 radical (unpaired) electrons. The smallest absolute Gasteiger partial charge is 0.257 e. The molecule has 1 aliphatic rings. The molecule has 1 amide bonds. The van der Waals surface area contributed by atoms with Gasteiger partial charge in [0.1, 0.15) is 0 Å². The highest BCUT2D eigenvalue weighted by Gasteiger charge is 2.23. The van der Waals surface area contributed by atoms with Gasteiger partial charge in [-0.1, -0.05) is 19.4 Å². The van der Waals surface area contributed by atoms with Crippen molar-refractivity contribution in [2.45, 2.75) is 38.6 Å². The van der Waals surface area contributed by atoms with E-state index in [1.807, 2.05) is 6.92 Å². The Hall–Kier alpha value is -1.75. The summed E-state index contributed by atoms with van der Waals surface area (Å²) in [5.41, 5.74) is 0.166. The molecule has 1 aromatic carbocycles. The van der Waals surface area contributed by atoms with E-state index < -0.39 is 0 Å². The maximum Gasteiger partial charge on any atom is 0.257 e. The van der Waals surface area contributed by atoms with Crippen molar-refractivity contribution >= 4 is 5.91 Å². The third-order valence-electron chi connectivity index (χ3n) is 3.88. The molecule has 1 saturated heterocycles. The van der Waals surface area contributed by atoms with Crippen LogP contribution in [-0.2, 0) is 0 Å². The van der Waals surface area contributed by atoms with Gasteiger partial charge < -0.3 is 20.4 Å². The van der Waals surface area contributed by atoms with Crippen LogP contribution < -0.4 is 5.32 Å². The van der Waals surface area contributed by atoms with E-state index in [-0.39, 0.29) is 23.0 Å². The van der Waals surface area contributed by atoms with E-state index in [2.05, 4.69) is 5.32 Å². The van der Waals surface area contributed by atoms with Gasteiger partial charge in [0, 0.05) is 19.1 Å². The number of hydrogen-bond acceptors (Lipinski definition) is 4. The summed E-state index contributed by atoms with van der Waals surface area (Å²) in [4.78, 5) is 14.4. The van der Waals surface area contributed by atoms with Crippen LogP contribution in [0.25, 0.3) is 0 Å². The van der Waals surface area contributed by atoms with Crippen LogP contribution in [0.3, 0.4) is 0 Å². The Morgan fingerprint density at radius 1 is 1.38 bits per heavy atom. The lowest BCUT2D eigenvalue weighted by molar-refractivity contribution is 0.0728. The first-order valence-electron chi connectivity index (χ1n) is 7.67. The molecule has 0 spiro atoms. The second-order valence-corrected chi connectivity index (χ2v) is 5.57. The summed E-state index contributed by atoms with van der Waals surface area (Å²) in [5.74, 6) is -0.814. The first kappa shape index (κ1) is 15.6. The van der Waals surface area contributed by atoms with Gasteiger partial charge in [0.25, 0.3) is 5.91 Å². The molecule has 1 atom stereocenters. The van der Waals surface area contributed by atoms with Gasteiger partial charge in [-0.15, -0.1) is 0 Å². The first-order chi connectivity index (χ1) is 10.1. The van der Waals surface area contributed by atoms with Crippen LogP contribution in [-0.4, -0.2) is 46.7 Å². The molecule has 5 nitrogen and oxygen atoms in total. The van der Waals surface area contributed by atoms with E-state index in [1.54, 1.807) is 17.0 Å². The number of carbonyl (C=O) groups excluding carboxylic acids is 1. The predicted molar refractivity (Wildman–Crippen MR) is 81.6 cm³/mol. The second-order valence-electron chi connectivity index (χ2n) is 5.57. The van der Waals surface area contributed by atoms with Crippen LogP contribution >= 0.6 is 0 Å². The highest BCUT2D eigenvalue weighted by molar-refractivity contribution is 5.97. The maximum absolute atomic E-state index is 12.6. The van der Waals surface area contributed by atoms with E-state index in [0.717, 1.165) is 19.4 Å². The predicted octanol–water partition coefficient (Wildman–Crippen LogP) is 2.09. The normalized spacial score (nSPS) is 18.4. The van der Waals surface area contributed by atoms with E-state index in [9.17, 15) is 15.0 Å². The van der Waals surface area contributed by atoms with Crippen LogP contribution in [0.1, 0.15) is 43.0 Å². The zero-order valence-corrected chi connectivity index (χ0v) is 12.5. The summed E-state index contributed by atoms with van der Waals surface area (Å²) in [5, 5.41) is 22.9. The summed E-state index contributed by atoms with van der Waals surface area (Å²) < 4.78 is 0. The highest BCUT2D eigenvalue weighted by Crippen LogP contribution is 2.29. The number of nitrogens with one attached hydrogen (secondary N) is 1. The molecule has 1 aromatic rings. The molecule has 5 heteroatoms. The number of phenolic OH excluding ortho intramolecular Hbond substituents is 2. The average Bonchev–Trinajstić information content (AvgIpc) is 2.50. The quantitative estimate of drug-likeness (QED) is 0.727. The van der Waals surface area contributed by atoms with Crippen molar-refractivity contribution in [2.24, 2.45) is 0 Å². The Labute approximate surface area is 125 Å². The SMILES string of the molecule is CCCN(CC1CCCCN1)C(=O)c1cccc(O)c1O. The summed E-state index contributed by atoms with van der Waals surface area (Å²) >= 11 is 0. The number of aromatic hydroxyl groups is 2. The van der Waals surface area contributed by atoms with Crippen molar-refractivity contribution in [3.8, 4) is 11.5 Å². The Morgan fingerprint density at radius 3 is 2.86 bits per heavy atom. The van der Waals surface area contributed by atoms with Gasteiger partial charge in [0.15, 0.2) is 11.5 Å². The molecular formula is C16H24N2O3. The third-order valence-corrected chi connectivity index (χ3v) is 3.88. The van der Waals surface area contributed by atoms with Crippen molar-refractivity contribution in [1.29, 1.82) is 0 Å². The lowest BCUT2D eigenvalue weighted by Gasteiger charge is -2.30. The van der Waals surface area contributed by atoms with E-state index in [1.165, 1.54) is 18.9 Å². The number of phenols is 2. The standard InChI is InChI=1S/C16H24N2O3/c1-2-10-18(11-12-6-3-4-9-17-12)16(21)13-7-5-8-14(19)15(13)20/h5,7-8,12,17,19-20H,2-4,6,9-11H2,1H3. The molecule has 1 aliphatic heterocycles. The Bertz CT molecular complexity index is 484. The van der Waals surface area contributed by atoms with Crippen LogP contribution in [0.5, 0.6) is 11.5 Å². The topological polar surface area (TPSA) is 72.8 Å². The molecular weight excluding hydrogens is 268 g/mol. The maximum atomic E-state index is 12.6. The summed E-state index contributed by atoms with van der Waals surface area (Å²) in [6.07, 6.45) is 4.30. The Morgan fingerprint density at radius 2 is 2.19 bits per heavy atom. The molecule has 1 unspecified atom stereocenters. The second kappa shape index (κ2) is 7.31. The molecule has 3 N–H and O–H groups in total. The monoisotopic (exact) mass is 292 g/mol. The molecule has 1 heterocycles. The average molecular weight is 292 g/mol. The van der Waals surface area contributed by atoms with Gasteiger partial charge in [0.2, 0.25) is 0 Å². The largest absolute Gasteiger partial charge is 0.504 e. The van der Waals surface area contributed by atoms with Gasteiger partial charge in [0.05, 0.1) is 5.56 Å². The summed E-state index contributed by atoms with van der Waals surface area (Å²) in [7, 11) is 0. The van der Waals surface area contributed by atoms with Crippen molar-refractivity contribution in [1.82, 2.24) is 10.2 Å².